The lowest BCUT2D eigenvalue weighted by Crippen LogP contribution is -2.23. The third kappa shape index (κ3) is 2.91. The Morgan fingerprint density at radius 2 is 2.17 bits per heavy atom. The Balaban J connectivity index is 1.62. The highest BCUT2D eigenvalue weighted by Crippen LogP contribution is 2.39. The fourth-order valence-electron chi connectivity index (χ4n) is 3.06. The second kappa shape index (κ2) is 5.64. The van der Waals surface area contributed by atoms with Crippen molar-refractivity contribution in [2.75, 3.05) is 11.4 Å². The highest BCUT2D eigenvalue weighted by atomic mass is 16.6. The number of aromatic nitrogens is 2. The number of aryl methyl sites for hydroxylation is 1. The number of rotatable bonds is 4. The van der Waals surface area contributed by atoms with Crippen molar-refractivity contribution in [3.63, 3.8) is 0 Å². The maximum absolute atomic E-state index is 11.1. The number of nitro groups is 1. The van der Waals surface area contributed by atoms with Crippen LogP contribution in [0.4, 0.5) is 11.4 Å². The van der Waals surface area contributed by atoms with E-state index in [9.17, 15) is 10.1 Å². The minimum absolute atomic E-state index is 0.125. The molecular weight excluding hydrogens is 296 g/mol. The molecular formula is C16H18N4O3. The van der Waals surface area contributed by atoms with Gasteiger partial charge in [-0.3, -0.25) is 10.1 Å². The number of anilines is 1. The number of hydrogen-bond donors (Lipinski definition) is 0. The van der Waals surface area contributed by atoms with Crippen molar-refractivity contribution in [1.82, 2.24) is 10.2 Å². The number of benzene rings is 1. The molecule has 0 radical (unpaired) electrons. The third-order valence-electron chi connectivity index (χ3n) is 4.48. The SMILES string of the molecule is O=[N+]([O-])c1ccc2c(c1)N(Cc1nnc(C3CC3)o1)CCCC2. The van der Waals surface area contributed by atoms with Crippen LogP contribution in [0, 0.1) is 10.1 Å². The zero-order valence-corrected chi connectivity index (χ0v) is 12.8. The van der Waals surface area contributed by atoms with Crippen molar-refractivity contribution < 1.29 is 9.34 Å². The predicted molar refractivity (Wildman–Crippen MR) is 83.4 cm³/mol. The molecule has 1 fully saturated rings. The first-order chi connectivity index (χ1) is 11.2. The van der Waals surface area contributed by atoms with E-state index in [0.29, 0.717) is 18.4 Å². The topological polar surface area (TPSA) is 85.3 Å². The monoisotopic (exact) mass is 314 g/mol. The van der Waals surface area contributed by atoms with Gasteiger partial charge in [0, 0.05) is 30.3 Å². The molecule has 120 valence electrons. The normalized spacial score (nSPS) is 17.7. The van der Waals surface area contributed by atoms with Gasteiger partial charge in [-0.05, 0) is 37.7 Å². The van der Waals surface area contributed by atoms with E-state index in [-0.39, 0.29) is 10.6 Å². The van der Waals surface area contributed by atoms with E-state index in [0.717, 1.165) is 55.8 Å². The molecule has 1 aromatic carbocycles. The summed E-state index contributed by atoms with van der Waals surface area (Å²) in [5.41, 5.74) is 2.19. The van der Waals surface area contributed by atoms with Crippen molar-refractivity contribution in [2.24, 2.45) is 0 Å². The molecule has 1 aliphatic heterocycles. The second-order valence-electron chi connectivity index (χ2n) is 6.26. The fourth-order valence-corrected chi connectivity index (χ4v) is 3.06. The summed E-state index contributed by atoms with van der Waals surface area (Å²) >= 11 is 0. The molecule has 0 amide bonds. The Morgan fingerprint density at radius 1 is 1.30 bits per heavy atom. The minimum atomic E-state index is -0.346. The average Bonchev–Trinajstić information content (AvgIpc) is 3.32. The maximum Gasteiger partial charge on any atom is 0.271 e. The summed E-state index contributed by atoms with van der Waals surface area (Å²) in [5, 5.41) is 19.3. The maximum atomic E-state index is 11.1. The summed E-state index contributed by atoms with van der Waals surface area (Å²) in [7, 11) is 0. The van der Waals surface area contributed by atoms with Gasteiger partial charge in [-0.2, -0.15) is 0 Å². The van der Waals surface area contributed by atoms with E-state index in [1.807, 2.05) is 6.07 Å². The van der Waals surface area contributed by atoms with E-state index in [1.54, 1.807) is 12.1 Å². The molecule has 7 heteroatoms. The van der Waals surface area contributed by atoms with Gasteiger partial charge >= 0.3 is 0 Å². The van der Waals surface area contributed by atoms with E-state index in [2.05, 4.69) is 15.1 Å². The number of nitrogens with zero attached hydrogens (tertiary/aromatic N) is 4. The molecule has 0 saturated heterocycles. The van der Waals surface area contributed by atoms with E-state index in [4.69, 9.17) is 4.42 Å². The summed E-state index contributed by atoms with van der Waals surface area (Å²) in [4.78, 5) is 12.8. The summed E-state index contributed by atoms with van der Waals surface area (Å²) in [6.45, 7) is 1.35. The van der Waals surface area contributed by atoms with Crippen molar-refractivity contribution in [3.05, 3.63) is 45.7 Å². The number of hydrogen-bond acceptors (Lipinski definition) is 6. The first kappa shape index (κ1) is 14.2. The second-order valence-corrected chi connectivity index (χ2v) is 6.26. The zero-order valence-electron chi connectivity index (χ0n) is 12.8. The van der Waals surface area contributed by atoms with Crippen LogP contribution in [-0.2, 0) is 13.0 Å². The molecule has 1 saturated carbocycles. The van der Waals surface area contributed by atoms with Gasteiger partial charge in [-0.25, -0.2) is 0 Å². The summed E-state index contributed by atoms with van der Waals surface area (Å²) in [5.74, 6) is 1.76. The van der Waals surface area contributed by atoms with Gasteiger partial charge in [0.25, 0.3) is 5.69 Å². The Labute approximate surface area is 133 Å². The Hall–Kier alpha value is -2.44. The van der Waals surface area contributed by atoms with Crippen molar-refractivity contribution in [3.8, 4) is 0 Å². The molecule has 23 heavy (non-hydrogen) atoms. The standard InChI is InChI=1S/C16H18N4O3/c21-20(22)13-7-6-11-3-1-2-8-19(14(11)9-13)10-15-17-18-16(23-15)12-4-5-12/h6-7,9,12H,1-5,8,10H2. The molecule has 2 aliphatic rings. The predicted octanol–water partition coefficient (Wildman–Crippen LogP) is 3.20. The lowest BCUT2D eigenvalue weighted by Gasteiger charge is -2.22. The summed E-state index contributed by atoms with van der Waals surface area (Å²) in [6.07, 6.45) is 5.33. The van der Waals surface area contributed by atoms with Gasteiger partial charge in [-0.1, -0.05) is 6.07 Å². The zero-order chi connectivity index (χ0) is 15.8. The summed E-state index contributed by atoms with van der Waals surface area (Å²) in [6, 6.07) is 5.12. The highest BCUT2D eigenvalue weighted by molar-refractivity contribution is 5.59. The van der Waals surface area contributed by atoms with Crippen molar-refractivity contribution in [1.29, 1.82) is 0 Å². The van der Waals surface area contributed by atoms with Gasteiger partial charge in [0.05, 0.1) is 11.5 Å². The lowest BCUT2D eigenvalue weighted by atomic mass is 10.1. The Kier molecular flexibility index (Phi) is 3.48. The number of non-ortho nitro benzene ring substituents is 1. The molecule has 1 aromatic heterocycles. The molecule has 0 unspecified atom stereocenters. The molecule has 2 aromatic rings. The Morgan fingerprint density at radius 3 is 2.96 bits per heavy atom. The van der Waals surface area contributed by atoms with Gasteiger partial charge in [0.1, 0.15) is 0 Å². The largest absolute Gasteiger partial charge is 0.423 e. The van der Waals surface area contributed by atoms with Crippen molar-refractivity contribution >= 4 is 11.4 Å². The molecule has 0 bridgehead atoms. The minimum Gasteiger partial charge on any atom is -0.423 e. The molecule has 2 heterocycles. The average molecular weight is 314 g/mol. The van der Waals surface area contributed by atoms with Crippen LogP contribution in [-0.4, -0.2) is 21.7 Å². The van der Waals surface area contributed by atoms with Crippen LogP contribution in [0.5, 0.6) is 0 Å². The quantitative estimate of drug-likeness (QED) is 0.636. The van der Waals surface area contributed by atoms with Crippen LogP contribution in [0.3, 0.4) is 0 Å². The van der Waals surface area contributed by atoms with E-state index < -0.39 is 0 Å². The smallest absolute Gasteiger partial charge is 0.271 e. The van der Waals surface area contributed by atoms with Crippen LogP contribution in [0.15, 0.2) is 22.6 Å². The summed E-state index contributed by atoms with van der Waals surface area (Å²) < 4.78 is 5.75. The first-order valence-electron chi connectivity index (χ1n) is 8.05. The molecule has 7 nitrogen and oxygen atoms in total. The highest BCUT2D eigenvalue weighted by Gasteiger charge is 2.30. The van der Waals surface area contributed by atoms with E-state index >= 15 is 0 Å². The fraction of sp³-hybridized carbons (Fsp3) is 0.500. The number of fused-ring (bicyclic) bond motifs is 1. The molecule has 0 spiro atoms. The number of nitro benzene ring substituents is 1. The third-order valence-corrected chi connectivity index (χ3v) is 4.48. The van der Waals surface area contributed by atoms with Crippen LogP contribution >= 0.6 is 0 Å². The van der Waals surface area contributed by atoms with Gasteiger partial charge in [0.15, 0.2) is 0 Å². The van der Waals surface area contributed by atoms with Crippen LogP contribution in [0.2, 0.25) is 0 Å². The van der Waals surface area contributed by atoms with Crippen LogP contribution in [0.25, 0.3) is 0 Å². The molecule has 1 aliphatic carbocycles. The first-order valence-corrected chi connectivity index (χ1v) is 8.05. The molecule has 0 atom stereocenters. The molecule has 0 N–H and O–H groups in total. The van der Waals surface area contributed by atoms with Crippen LogP contribution in [0.1, 0.15) is 48.9 Å². The van der Waals surface area contributed by atoms with Gasteiger partial charge < -0.3 is 9.32 Å². The molecule has 4 rings (SSSR count). The lowest BCUT2D eigenvalue weighted by molar-refractivity contribution is -0.384. The van der Waals surface area contributed by atoms with E-state index in [1.165, 1.54) is 0 Å². The van der Waals surface area contributed by atoms with Crippen LogP contribution < -0.4 is 4.90 Å². The van der Waals surface area contributed by atoms with Crippen molar-refractivity contribution in [2.45, 2.75) is 44.6 Å². The van der Waals surface area contributed by atoms with Gasteiger partial charge in [-0.15, -0.1) is 10.2 Å². The Bertz CT molecular complexity index is 739. The van der Waals surface area contributed by atoms with Gasteiger partial charge in [0.2, 0.25) is 11.8 Å².